The Morgan fingerprint density at radius 3 is 2.51 bits per heavy atom. The molecule has 2 aliphatic rings. The minimum Gasteiger partial charge on any atom is -0.454 e. The van der Waals surface area contributed by atoms with Gasteiger partial charge in [-0.25, -0.2) is 0 Å². The van der Waals surface area contributed by atoms with E-state index in [-0.39, 0.29) is 12.8 Å². The lowest BCUT2D eigenvalue weighted by Gasteiger charge is -2.37. The largest absolute Gasteiger partial charge is 0.454 e. The predicted octanol–water partition coefficient (Wildman–Crippen LogP) is 5.33. The number of rotatable bonds is 5. The molecule has 0 amide bonds. The highest BCUT2D eigenvalue weighted by Crippen LogP contribution is 2.39. The van der Waals surface area contributed by atoms with Gasteiger partial charge in [0.15, 0.2) is 16.6 Å². The summed E-state index contributed by atoms with van der Waals surface area (Å²) in [5.41, 5.74) is 4.84. The van der Waals surface area contributed by atoms with Crippen LogP contribution >= 0.6 is 12.2 Å². The van der Waals surface area contributed by atoms with Crippen LogP contribution in [0.2, 0.25) is 0 Å². The number of benzene rings is 3. The molecule has 2 aliphatic heterocycles. The highest BCUT2D eigenvalue weighted by molar-refractivity contribution is 7.80. The molecule has 8 heteroatoms. The van der Waals surface area contributed by atoms with Crippen molar-refractivity contribution < 1.29 is 14.0 Å². The molecule has 1 N–H and O–H groups in total. The Bertz CT molecular complexity index is 1420. The number of hydrogen-bond acceptors (Lipinski definition) is 6. The molecule has 0 radical (unpaired) electrons. The molecule has 1 atom stereocenters. The van der Waals surface area contributed by atoms with Crippen LogP contribution < -0.4 is 14.8 Å². The lowest BCUT2D eigenvalue weighted by Crippen LogP contribution is -2.45. The van der Waals surface area contributed by atoms with Crippen LogP contribution in [0, 0.1) is 0 Å². The van der Waals surface area contributed by atoms with Crippen LogP contribution in [0.3, 0.4) is 0 Å². The Balaban J connectivity index is 1.41. The van der Waals surface area contributed by atoms with Crippen molar-refractivity contribution in [1.29, 1.82) is 0 Å². The SMILES string of the molecule is CC1=C(c2nc(-c3ccccc3)no2)C(c2ccccc2)NC(=S)N1Cc1ccc2c(c1)OCO2. The van der Waals surface area contributed by atoms with E-state index in [2.05, 4.69) is 22.6 Å². The maximum atomic E-state index is 5.82. The molecule has 0 saturated heterocycles. The van der Waals surface area contributed by atoms with Gasteiger partial charge in [0.2, 0.25) is 12.6 Å². The minimum absolute atomic E-state index is 0.222. The molecule has 0 bridgehead atoms. The molecule has 1 unspecified atom stereocenters. The highest BCUT2D eigenvalue weighted by Gasteiger charge is 2.34. The molecule has 0 saturated carbocycles. The van der Waals surface area contributed by atoms with Gasteiger partial charge in [-0.05, 0) is 42.4 Å². The Morgan fingerprint density at radius 2 is 1.71 bits per heavy atom. The van der Waals surface area contributed by atoms with Gasteiger partial charge in [0, 0.05) is 11.3 Å². The van der Waals surface area contributed by atoms with Crippen LogP contribution in [0.1, 0.15) is 30.0 Å². The van der Waals surface area contributed by atoms with Gasteiger partial charge in [0.25, 0.3) is 5.89 Å². The van der Waals surface area contributed by atoms with E-state index in [1.165, 1.54) is 0 Å². The topological polar surface area (TPSA) is 72.7 Å². The monoisotopic (exact) mass is 482 g/mol. The molecular weight excluding hydrogens is 460 g/mol. The zero-order valence-electron chi connectivity index (χ0n) is 19.0. The van der Waals surface area contributed by atoms with E-state index in [4.69, 9.17) is 31.2 Å². The fourth-order valence-electron chi connectivity index (χ4n) is 4.40. The lowest BCUT2D eigenvalue weighted by molar-refractivity contribution is 0.174. The number of thiocarbonyl (C=S) groups is 1. The summed E-state index contributed by atoms with van der Waals surface area (Å²) in [6, 6.07) is 25.6. The van der Waals surface area contributed by atoms with Gasteiger partial charge in [0.1, 0.15) is 0 Å². The summed E-state index contributed by atoms with van der Waals surface area (Å²) in [4.78, 5) is 6.81. The number of fused-ring (bicyclic) bond motifs is 1. The Morgan fingerprint density at radius 1 is 0.971 bits per heavy atom. The van der Waals surface area contributed by atoms with Gasteiger partial charge in [-0.2, -0.15) is 4.98 Å². The van der Waals surface area contributed by atoms with Crippen LogP contribution in [0.5, 0.6) is 11.5 Å². The van der Waals surface area contributed by atoms with Crippen molar-refractivity contribution in [3.05, 3.63) is 102 Å². The van der Waals surface area contributed by atoms with E-state index in [1.807, 2.05) is 78.6 Å². The summed E-state index contributed by atoms with van der Waals surface area (Å²) >= 11 is 5.82. The number of nitrogens with one attached hydrogen (secondary N) is 1. The quantitative estimate of drug-likeness (QED) is 0.383. The summed E-state index contributed by atoms with van der Waals surface area (Å²) in [7, 11) is 0. The zero-order valence-corrected chi connectivity index (χ0v) is 19.8. The Labute approximate surface area is 208 Å². The zero-order chi connectivity index (χ0) is 23.8. The summed E-state index contributed by atoms with van der Waals surface area (Å²) in [5.74, 6) is 2.50. The lowest BCUT2D eigenvalue weighted by atomic mass is 9.94. The molecule has 3 heterocycles. The smallest absolute Gasteiger partial charge is 0.258 e. The van der Waals surface area contributed by atoms with Gasteiger partial charge in [-0.3, -0.25) is 0 Å². The van der Waals surface area contributed by atoms with Crippen molar-refractivity contribution in [2.45, 2.75) is 19.5 Å². The van der Waals surface area contributed by atoms with Gasteiger partial charge in [-0.15, -0.1) is 0 Å². The first-order valence-electron chi connectivity index (χ1n) is 11.3. The molecule has 35 heavy (non-hydrogen) atoms. The van der Waals surface area contributed by atoms with Crippen LogP contribution in [0.15, 0.2) is 89.1 Å². The van der Waals surface area contributed by atoms with Crippen LogP contribution in [-0.2, 0) is 6.54 Å². The molecule has 0 aliphatic carbocycles. The summed E-state index contributed by atoms with van der Waals surface area (Å²) < 4.78 is 16.8. The molecule has 0 fully saturated rings. The Kier molecular flexibility index (Phi) is 5.42. The highest BCUT2D eigenvalue weighted by atomic mass is 32.1. The second-order valence-electron chi connectivity index (χ2n) is 8.36. The van der Waals surface area contributed by atoms with Gasteiger partial charge in [0.05, 0.1) is 18.2 Å². The van der Waals surface area contributed by atoms with Crippen LogP contribution in [0.25, 0.3) is 17.0 Å². The minimum atomic E-state index is -0.222. The molecule has 6 rings (SSSR count). The first kappa shape index (κ1) is 21.4. The van der Waals surface area contributed by atoms with Crippen molar-refractivity contribution in [3.8, 4) is 22.9 Å². The number of ether oxygens (including phenoxy) is 2. The Hall–Kier alpha value is -4.17. The molecule has 0 spiro atoms. The standard InChI is InChI=1S/C27H22N4O3S/c1-17-23(26-29-25(30-34-26)20-10-6-3-7-11-20)24(19-8-4-2-5-9-19)28-27(35)31(17)15-18-12-13-21-22(14-18)33-16-32-21/h2-14,24H,15-16H2,1H3,(H,28,35). The molecule has 7 nitrogen and oxygen atoms in total. The maximum absolute atomic E-state index is 5.82. The summed E-state index contributed by atoms with van der Waals surface area (Å²) in [6.45, 7) is 2.84. The molecule has 1 aromatic heterocycles. The fraction of sp³-hybridized carbons (Fsp3) is 0.148. The molecular formula is C27H22N4O3S. The van der Waals surface area contributed by atoms with Crippen molar-refractivity contribution in [2.75, 3.05) is 6.79 Å². The van der Waals surface area contributed by atoms with Gasteiger partial charge in [-0.1, -0.05) is 71.9 Å². The van der Waals surface area contributed by atoms with Crippen LogP contribution in [0.4, 0.5) is 0 Å². The average molecular weight is 483 g/mol. The van der Waals surface area contributed by atoms with E-state index in [0.717, 1.165) is 39.5 Å². The molecule has 4 aromatic rings. The summed E-state index contributed by atoms with van der Waals surface area (Å²) in [5, 5.41) is 8.39. The molecule has 3 aromatic carbocycles. The van der Waals surface area contributed by atoms with Crippen molar-refractivity contribution >= 4 is 22.9 Å². The van der Waals surface area contributed by atoms with Gasteiger partial charge >= 0.3 is 0 Å². The maximum Gasteiger partial charge on any atom is 0.258 e. The normalized spacial score (nSPS) is 17.0. The van der Waals surface area contributed by atoms with E-state index in [0.29, 0.717) is 23.4 Å². The van der Waals surface area contributed by atoms with Gasteiger partial charge < -0.3 is 24.2 Å². The second kappa shape index (κ2) is 8.88. The van der Waals surface area contributed by atoms with Crippen molar-refractivity contribution in [1.82, 2.24) is 20.4 Å². The predicted molar refractivity (Wildman–Crippen MR) is 135 cm³/mol. The molecule has 174 valence electrons. The van der Waals surface area contributed by atoms with E-state index in [9.17, 15) is 0 Å². The van der Waals surface area contributed by atoms with Crippen molar-refractivity contribution in [3.63, 3.8) is 0 Å². The van der Waals surface area contributed by atoms with Crippen molar-refractivity contribution in [2.24, 2.45) is 0 Å². The number of allylic oxidation sites excluding steroid dienone is 1. The third-order valence-electron chi connectivity index (χ3n) is 6.20. The third-order valence-corrected chi connectivity index (χ3v) is 6.53. The fourth-order valence-corrected chi connectivity index (χ4v) is 4.72. The second-order valence-corrected chi connectivity index (χ2v) is 8.74. The van der Waals surface area contributed by atoms with Crippen LogP contribution in [-0.4, -0.2) is 26.9 Å². The number of hydrogen-bond donors (Lipinski definition) is 1. The number of nitrogens with zero attached hydrogens (tertiary/aromatic N) is 3. The van der Waals surface area contributed by atoms with E-state index in [1.54, 1.807) is 0 Å². The first-order valence-corrected chi connectivity index (χ1v) is 11.7. The average Bonchev–Trinajstić information content (AvgIpc) is 3.57. The first-order chi connectivity index (χ1) is 17.2. The summed E-state index contributed by atoms with van der Waals surface area (Å²) in [6.07, 6.45) is 0. The number of aromatic nitrogens is 2. The van der Waals surface area contributed by atoms with E-state index >= 15 is 0 Å². The van der Waals surface area contributed by atoms with E-state index < -0.39 is 0 Å². The third kappa shape index (κ3) is 4.02.